The first kappa shape index (κ1) is 15.3. The SMILES string of the molecule is COc1ccc(-c2cnoc2C2=COC(Cc3ccccc3)O2)cc1. The highest BCUT2D eigenvalue weighted by Gasteiger charge is 2.26. The molecule has 1 aliphatic rings. The number of methoxy groups -OCH3 is 1. The van der Waals surface area contributed by atoms with Crippen LogP contribution in [0, 0.1) is 0 Å². The third kappa shape index (κ3) is 3.21. The largest absolute Gasteiger partial charge is 0.497 e. The minimum atomic E-state index is -0.369. The van der Waals surface area contributed by atoms with Gasteiger partial charge in [-0.3, -0.25) is 0 Å². The first-order valence-corrected chi connectivity index (χ1v) is 7.99. The second kappa shape index (κ2) is 6.73. The van der Waals surface area contributed by atoms with E-state index in [9.17, 15) is 0 Å². The second-order valence-electron chi connectivity index (χ2n) is 5.65. The molecule has 1 atom stereocenters. The summed E-state index contributed by atoms with van der Waals surface area (Å²) in [5.74, 6) is 1.90. The quantitative estimate of drug-likeness (QED) is 0.697. The Morgan fingerprint density at radius 1 is 1.04 bits per heavy atom. The van der Waals surface area contributed by atoms with Crippen LogP contribution in [0.5, 0.6) is 5.75 Å². The van der Waals surface area contributed by atoms with Gasteiger partial charge in [0.2, 0.25) is 17.8 Å². The Kier molecular flexibility index (Phi) is 4.12. The van der Waals surface area contributed by atoms with Crippen LogP contribution in [0.25, 0.3) is 16.9 Å². The molecule has 0 bridgehead atoms. The van der Waals surface area contributed by atoms with Gasteiger partial charge in [-0.1, -0.05) is 47.6 Å². The highest BCUT2D eigenvalue weighted by Crippen LogP contribution is 2.34. The summed E-state index contributed by atoms with van der Waals surface area (Å²) in [6.07, 6.45) is 3.55. The average Bonchev–Trinajstić information content (AvgIpc) is 3.32. The summed E-state index contributed by atoms with van der Waals surface area (Å²) in [6.45, 7) is 0. The van der Waals surface area contributed by atoms with Crippen molar-refractivity contribution in [1.29, 1.82) is 0 Å². The Bertz CT molecular complexity index is 868. The van der Waals surface area contributed by atoms with Crippen LogP contribution in [-0.4, -0.2) is 18.6 Å². The molecule has 0 aliphatic carbocycles. The van der Waals surface area contributed by atoms with E-state index in [2.05, 4.69) is 5.16 Å². The Labute approximate surface area is 145 Å². The molecule has 5 heteroatoms. The molecule has 0 fully saturated rings. The molecule has 0 saturated carbocycles. The van der Waals surface area contributed by atoms with Crippen molar-refractivity contribution in [2.75, 3.05) is 7.11 Å². The number of ether oxygens (including phenoxy) is 3. The zero-order valence-corrected chi connectivity index (χ0v) is 13.7. The van der Waals surface area contributed by atoms with Gasteiger partial charge in [-0.25, -0.2) is 0 Å². The van der Waals surface area contributed by atoms with Crippen LogP contribution < -0.4 is 4.74 Å². The van der Waals surface area contributed by atoms with E-state index in [1.165, 1.54) is 0 Å². The van der Waals surface area contributed by atoms with E-state index < -0.39 is 0 Å². The Morgan fingerprint density at radius 3 is 2.60 bits per heavy atom. The lowest BCUT2D eigenvalue weighted by Crippen LogP contribution is -2.11. The second-order valence-corrected chi connectivity index (χ2v) is 5.65. The molecule has 2 aromatic carbocycles. The van der Waals surface area contributed by atoms with Gasteiger partial charge in [-0.05, 0) is 23.3 Å². The fourth-order valence-electron chi connectivity index (χ4n) is 2.73. The highest BCUT2D eigenvalue weighted by molar-refractivity contribution is 5.75. The zero-order valence-electron chi connectivity index (χ0n) is 13.7. The number of hydrogen-bond acceptors (Lipinski definition) is 5. The molecule has 4 rings (SSSR count). The molecule has 1 aliphatic heterocycles. The van der Waals surface area contributed by atoms with Gasteiger partial charge in [0.1, 0.15) is 12.0 Å². The van der Waals surface area contributed by atoms with Crippen molar-refractivity contribution in [3.63, 3.8) is 0 Å². The third-order valence-corrected chi connectivity index (χ3v) is 4.03. The smallest absolute Gasteiger partial charge is 0.244 e. The maximum atomic E-state index is 5.90. The first-order valence-electron chi connectivity index (χ1n) is 7.99. The monoisotopic (exact) mass is 335 g/mol. The topological polar surface area (TPSA) is 53.7 Å². The molecule has 25 heavy (non-hydrogen) atoms. The lowest BCUT2D eigenvalue weighted by Gasteiger charge is -2.11. The van der Waals surface area contributed by atoms with Gasteiger partial charge in [-0.2, -0.15) is 0 Å². The Balaban J connectivity index is 1.51. The van der Waals surface area contributed by atoms with E-state index in [0.29, 0.717) is 17.9 Å². The molecule has 1 unspecified atom stereocenters. The molecule has 5 nitrogen and oxygen atoms in total. The van der Waals surface area contributed by atoms with Crippen LogP contribution in [0.15, 0.2) is 71.6 Å². The minimum absolute atomic E-state index is 0.369. The molecule has 1 aromatic heterocycles. The zero-order chi connectivity index (χ0) is 17.1. The molecule has 3 aromatic rings. The first-order chi connectivity index (χ1) is 12.3. The Hall–Kier alpha value is -3.21. The normalized spacial score (nSPS) is 16.0. The van der Waals surface area contributed by atoms with Gasteiger partial charge in [0, 0.05) is 6.42 Å². The van der Waals surface area contributed by atoms with Gasteiger partial charge in [0.25, 0.3) is 0 Å². The van der Waals surface area contributed by atoms with Crippen LogP contribution in [0.2, 0.25) is 0 Å². The molecular formula is C20H17NO4. The molecule has 0 saturated heterocycles. The van der Waals surface area contributed by atoms with Crippen molar-refractivity contribution >= 4 is 5.76 Å². The fraction of sp³-hybridized carbons (Fsp3) is 0.150. The summed E-state index contributed by atoms with van der Waals surface area (Å²) in [6, 6.07) is 17.8. The van der Waals surface area contributed by atoms with Crippen molar-refractivity contribution in [2.24, 2.45) is 0 Å². The van der Waals surface area contributed by atoms with E-state index in [-0.39, 0.29) is 6.29 Å². The van der Waals surface area contributed by atoms with Gasteiger partial charge in [0.15, 0.2) is 0 Å². The summed E-state index contributed by atoms with van der Waals surface area (Å²) in [5.41, 5.74) is 2.96. The maximum Gasteiger partial charge on any atom is 0.244 e. The Morgan fingerprint density at radius 2 is 1.84 bits per heavy atom. The summed E-state index contributed by atoms with van der Waals surface area (Å²) in [5, 5.41) is 3.91. The molecule has 0 radical (unpaired) electrons. The third-order valence-electron chi connectivity index (χ3n) is 4.03. The number of rotatable bonds is 5. The van der Waals surface area contributed by atoms with E-state index in [1.54, 1.807) is 19.6 Å². The lowest BCUT2D eigenvalue weighted by molar-refractivity contribution is -0.0146. The minimum Gasteiger partial charge on any atom is -0.497 e. The maximum absolute atomic E-state index is 5.90. The number of hydrogen-bond donors (Lipinski definition) is 0. The van der Waals surface area contributed by atoms with Crippen molar-refractivity contribution in [3.05, 3.63) is 78.4 Å². The van der Waals surface area contributed by atoms with Crippen molar-refractivity contribution < 1.29 is 18.7 Å². The van der Waals surface area contributed by atoms with E-state index in [4.69, 9.17) is 18.7 Å². The lowest BCUT2D eigenvalue weighted by atomic mass is 10.1. The van der Waals surface area contributed by atoms with Crippen LogP contribution in [0.3, 0.4) is 0 Å². The van der Waals surface area contributed by atoms with Crippen LogP contribution in [0.4, 0.5) is 0 Å². The highest BCUT2D eigenvalue weighted by atomic mass is 16.7. The summed E-state index contributed by atoms with van der Waals surface area (Å²) < 4.78 is 22.1. The van der Waals surface area contributed by atoms with Gasteiger partial charge in [-0.15, -0.1) is 0 Å². The molecular weight excluding hydrogens is 318 g/mol. The van der Waals surface area contributed by atoms with Crippen molar-refractivity contribution in [3.8, 4) is 16.9 Å². The van der Waals surface area contributed by atoms with Crippen molar-refractivity contribution in [1.82, 2.24) is 5.16 Å². The summed E-state index contributed by atoms with van der Waals surface area (Å²) >= 11 is 0. The number of benzene rings is 2. The number of aromatic nitrogens is 1. The molecule has 2 heterocycles. The van der Waals surface area contributed by atoms with E-state index >= 15 is 0 Å². The predicted octanol–water partition coefficient (Wildman–Crippen LogP) is 4.26. The molecule has 126 valence electrons. The average molecular weight is 335 g/mol. The number of nitrogens with zero attached hydrogens (tertiary/aromatic N) is 1. The molecule has 0 N–H and O–H groups in total. The summed E-state index contributed by atoms with van der Waals surface area (Å²) in [7, 11) is 1.64. The van der Waals surface area contributed by atoms with Gasteiger partial charge >= 0.3 is 0 Å². The fourth-order valence-corrected chi connectivity index (χ4v) is 2.73. The molecule has 0 amide bonds. The summed E-state index contributed by atoms with van der Waals surface area (Å²) in [4.78, 5) is 0. The molecule has 0 spiro atoms. The van der Waals surface area contributed by atoms with E-state index in [0.717, 1.165) is 22.4 Å². The van der Waals surface area contributed by atoms with Crippen LogP contribution in [-0.2, 0) is 15.9 Å². The van der Waals surface area contributed by atoms with Crippen molar-refractivity contribution in [2.45, 2.75) is 12.7 Å². The standard InChI is InChI=1S/C20H17NO4/c1-22-16-9-7-15(8-10-16)17-12-21-25-20(17)18-13-23-19(24-18)11-14-5-3-2-4-6-14/h2-10,12-13,19H,11H2,1H3. The van der Waals surface area contributed by atoms with Gasteiger partial charge < -0.3 is 18.7 Å². The van der Waals surface area contributed by atoms with Crippen LogP contribution >= 0.6 is 0 Å². The van der Waals surface area contributed by atoms with Crippen LogP contribution in [0.1, 0.15) is 11.3 Å². The predicted molar refractivity (Wildman–Crippen MR) is 92.6 cm³/mol. The van der Waals surface area contributed by atoms with E-state index in [1.807, 2.05) is 54.6 Å². The van der Waals surface area contributed by atoms with Gasteiger partial charge in [0.05, 0.1) is 18.9 Å².